The average molecular weight is 367 g/mol. The van der Waals surface area contributed by atoms with E-state index >= 15 is 0 Å². The molecule has 2 rings (SSSR count). The summed E-state index contributed by atoms with van der Waals surface area (Å²) in [6, 6.07) is 6.81. The Morgan fingerprint density at radius 3 is 2.08 bits per heavy atom. The van der Waals surface area contributed by atoms with Gasteiger partial charge in [-0.25, -0.2) is 13.4 Å². The summed E-state index contributed by atoms with van der Waals surface area (Å²) >= 11 is 0. The Morgan fingerprint density at radius 1 is 1.00 bits per heavy atom. The van der Waals surface area contributed by atoms with Crippen LogP contribution in [0.15, 0.2) is 30.5 Å². The van der Waals surface area contributed by atoms with Crippen LogP contribution in [0.3, 0.4) is 0 Å². The van der Waals surface area contributed by atoms with E-state index in [1.54, 1.807) is 31.2 Å². The molecule has 1 aromatic heterocycles. The molecule has 136 valence electrons. The van der Waals surface area contributed by atoms with Crippen LogP contribution in [0.5, 0.6) is 17.2 Å². The minimum absolute atomic E-state index is 0.0138. The Labute approximate surface area is 147 Å². The highest BCUT2D eigenvalue weighted by Gasteiger charge is 2.13. The summed E-state index contributed by atoms with van der Waals surface area (Å²) in [5, 5.41) is 3.15. The van der Waals surface area contributed by atoms with Gasteiger partial charge in [0.15, 0.2) is 11.5 Å². The van der Waals surface area contributed by atoms with E-state index in [1.807, 2.05) is 0 Å². The lowest BCUT2D eigenvalue weighted by Crippen LogP contribution is -2.15. The number of hydrogen-bond donors (Lipinski definition) is 2. The summed E-state index contributed by atoms with van der Waals surface area (Å²) in [5.41, 5.74) is 1.38. The van der Waals surface area contributed by atoms with Crippen LogP contribution in [0.1, 0.15) is 6.92 Å². The van der Waals surface area contributed by atoms with Crippen LogP contribution in [0.25, 0.3) is 0 Å². The molecule has 0 aliphatic carbocycles. The number of ether oxygens (including phenoxy) is 3. The van der Waals surface area contributed by atoms with Gasteiger partial charge in [-0.3, -0.25) is 4.72 Å². The largest absolute Gasteiger partial charge is 0.493 e. The van der Waals surface area contributed by atoms with Crippen LogP contribution in [0, 0.1) is 0 Å². The fourth-order valence-corrected chi connectivity index (χ4v) is 2.66. The summed E-state index contributed by atoms with van der Waals surface area (Å²) in [7, 11) is 1.26. The summed E-state index contributed by atoms with van der Waals surface area (Å²) in [6.07, 6.45) is 1.52. The number of sulfonamides is 1. The monoisotopic (exact) mass is 367 g/mol. The minimum Gasteiger partial charge on any atom is -0.493 e. The maximum Gasteiger partial charge on any atom is 0.233 e. The van der Waals surface area contributed by atoms with Crippen LogP contribution in [0.2, 0.25) is 0 Å². The number of hydrogen-bond acceptors (Lipinski definition) is 7. The Bertz CT molecular complexity index is 797. The van der Waals surface area contributed by atoms with Crippen molar-refractivity contribution in [3.05, 3.63) is 30.5 Å². The molecule has 2 aromatic rings. The number of benzene rings is 1. The molecule has 0 saturated carbocycles. The van der Waals surface area contributed by atoms with Gasteiger partial charge in [0.25, 0.3) is 0 Å². The molecule has 0 amide bonds. The summed E-state index contributed by atoms with van der Waals surface area (Å²) in [5.74, 6) is 1.78. The van der Waals surface area contributed by atoms with Crippen LogP contribution < -0.4 is 24.2 Å². The van der Waals surface area contributed by atoms with E-state index in [1.165, 1.54) is 27.5 Å². The van der Waals surface area contributed by atoms with E-state index in [0.717, 1.165) is 0 Å². The van der Waals surface area contributed by atoms with Crippen LogP contribution in [0.4, 0.5) is 17.2 Å². The maximum absolute atomic E-state index is 11.5. The van der Waals surface area contributed by atoms with Crippen molar-refractivity contribution in [2.75, 3.05) is 37.1 Å². The lowest BCUT2D eigenvalue weighted by Gasteiger charge is -2.15. The molecule has 0 bridgehead atoms. The smallest absolute Gasteiger partial charge is 0.233 e. The average Bonchev–Trinajstić information content (AvgIpc) is 2.62. The number of pyridine rings is 1. The molecule has 1 heterocycles. The Balaban J connectivity index is 2.22. The molecule has 0 radical (unpaired) electrons. The van der Waals surface area contributed by atoms with Crippen molar-refractivity contribution in [3.63, 3.8) is 0 Å². The highest BCUT2D eigenvalue weighted by Crippen LogP contribution is 2.40. The van der Waals surface area contributed by atoms with Gasteiger partial charge in [-0.15, -0.1) is 0 Å². The zero-order valence-corrected chi connectivity index (χ0v) is 15.3. The first-order valence-corrected chi connectivity index (χ1v) is 9.11. The zero-order valence-electron chi connectivity index (χ0n) is 14.5. The first kappa shape index (κ1) is 18.7. The second-order valence-electron chi connectivity index (χ2n) is 4.98. The maximum atomic E-state index is 11.5. The standard InChI is InChI=1S/C16H21N3O5S/c1-5-25(20,21)19-15-7-6-11(10-17-15)18-12-8-13(22-2)16(24-4)14(9-12)23-3/h6-10,18H,5H2,1-4H3,(H,17,19). The third kappa shape index (κ3) is 4.66. The number of aromatic nitrogens is 1. The summed E-state index contributed by atoms with van der Waals surface area (Å²) in [6.45, 7) is 1.56. The van der Waals surface area contributed by atoms with Crippen molar-refractivity contribution in [2.24, 2.45) is 0 Å². The highest BCUT2D eigenvalue weighted by molar-refractivity contribution is 7.92. The van der Waals surface area contributed by atoms with Gasteiger partial charge >= 0.3 is 0 Å². The lowest BCUT2D eigenvalue weighted by atomic mass is 10.2. The van der Waals surface area contributed by atoms with Crippen LogP contribution >= 0.6 is 0 Å². The van der Waals surface area contributed by atoms with Crippen LogP contribution in [-0.4, -0.2) is 40.5 Å². The lowest BCUT2D eigenvalue weighted by molar-refractivity contribution is 0.324. The highest BCUT2D eigenvalue weighted by atomic mass is 32.2. The fourth-order valence-electron chi connectivity index (χ4n) is 2.08. The molecule has 0 unspecified atom stereocenters. The molecule has 25 heavy (non-hydrogen) atoms. The summed E-state index contributed by atoms with van der Waals surface area (Å²) < 4.78 is 41.4. The first-order valence-electron chi connectivity index (χ1n) is 7.46. The molecule has 0 aliphatic heterocycles. The number of rotatable bonds is 8. The Morgan fingerprint density at radius 2 is 1.64 bits per heavy atom. The predicted octanol–water partition coefficient (Wildman–Crippen LogP) is 2.61. The fraction of sp³-hybridized carbons (Fsp3) is 0.312. The van der Waals surface area contributed by atoms with Crippen LogP contribution in [-0.2, 0) is 10.0 Å². The SMILES string of the molecule is CCS(=O)(=O)Nc1ccc(Nc2cc(OC)c(OC)c(OC)c2)cn1. The van der Waals surface area contributed by atoms with Gasteiger partial charge in [-0.2, -0.15) is 0 Å². The van der Waals surface area contributed by atoms with Crippen molar-refractivity contribution in [3.8, 4) is 17.2 Å². The Kier molecular flexibility index (Phi) is 5.92. The molecular weight excluding hydrogens is 346 g/mol. The third-order valence-electron chi connectivity index (χ3n) is 3.36. The van der Waals surface area contributed by atoms with Gasteiger partial charge in [-0.05, 0) is 19.1 Å². The predicted molar refractivity (Wildman–Crippen MR) is 96.7 cm³/mol. The van der Waals surface area contributed by atoms with Gasteiger partial charge < -0.3 is 19.5 Å². The molecule has 8 nitrogen and oxygen atoms in total. The van der Waals surface area contributed by atoms with Crippen molar-refractivity contribution in [1.82, 2.24) is 4.98 Å². The first-order chi connectivity index (χ1) is 11.9. The Hall–Kier alpha value is -2.68. The van der Waals surface area contributed by atoms with E-state index in [2.05, 4.69) is 15.0 Å². The normalized spacial score (nSPS) is 10.9. The van der Waals surface area contributed by atoms with Gasteiger partial charge in [0.2, 0.25) is 15.8 Å². The minimum atomic E-state index is -3.35. The van der Waals surface area contributed by atoms with E-state index in [-0.39, 0.29) is 11.6 Å². The van der Waals surface area contributed by atoms with Gasteiger partial charge in [0.1, 0.15) is 5.82 Å². The van der Waals surface area contributed by atoms with E-state index < -0.39 is 10.0 Å². The summed E-state index contributed by atoms with van der Waals surface area (Å²) in [4.78, 5) is 4.09. The molecule has 2 N–H and O–H groups in total. The second-order valence-corrected chi connectivity index (χ2v) is 6.99. The van der Waals surface area contributed by atoms with Crippen molar-refractivity contribution < 1.29 is 22.6 Å². The second kappa shape index (κ2) is 7.93. The number of anilines is 3. The zero-order chi connectivity index (χ0) is 18.4. The molecule has 0 fully saturated rings. The number of methoxy groups -OCH3 is 3. The quantitative estimate of drug-likeness (QED) is 0.740. The van der Waals surface area contributed by atoms with Gasteiger partial charge in [-0.1, -0.05) is 0 Å². The molecule has 0 aliphatic rings. The van der Waals surface area contributed by atoms with E-state index in [4.69, 9.17) is 14.2 Å². The van der Waals surface area contributed by atoms with Crippen molar-refractivity contribution in [1.29, 1.82) is 0 Å². The number of nitrogens with one attached hydrogen (secondary N) is 2. The molecule has 1 aromatic carbocycles. The molecular formula is C16H21N3O5S. The molecule has 0 spiro atoms. The van der Waals surface area contributed by atoms with Crippen molar-refractivity contribution >= 4 is 27.2 Å². The molecule has 9 heteroatoms. The van der Waals surface area contributed by atoms with Gasteiger partial charge in [0.05, 0.1) is 39.0 Å². The van der Waals surface area contributed by atoms with Gasteiger partial charge in [0, 0.05) is 17.8 Å². The van der Waals surface area contributed by atoms with E-state index in [9.17, 15) is 8.42 Å². The number of nitrogens with zero attached hydrogens (tertiary/aromatic N) is 1. The van der Waals surface area contributed by atoms with Crippen molar-refractivity contribution in [2.45, 2.75) is 6.92 Å². The van der Waals surface area contributed by atoms with E-state index in [0.29, 0.717) is 28.6 Å². The third-order valence-corrected chi connectivity index (χ3v) is 4.64. The molecule has 0 saturated heterocycles. The molecule has 0 atom stereocenters. The topological polar surface area (TPSA) is 98.8 Å².